The third-order valence-corrected chi connectivity index (χ3v) is 4.24. The fourth-order valence-electron chi connectivity index (χ4n) is 2.82. The van der Waals surface area contributed by atoms with Gasteiger partial charge in [-0.25, -0.2) is 0 Å². The van der Waals surface area contributed by atoms with Gasteiger partial charge in [-0.05, 0) is 30.7 Å². The van der Waals surface area contributed by atoms with Gasteiger partial charge in [0.25, 0.3) is 11.8 Å². The second kappa shape index (κ2) is 7.47. The predicted molar refractivity (Wildman–Crippen MR) is 98.6 cm³/mol. The van der Waals surface area contributed by atoms with E-state index in [1.54, 1.807) is 31.1 Å². The van der Waals surface area contributed by atoms with E-state index in [1.807, 2.05) is 43.3 Å². The highest BCUT2D eigenvalue weighted by molar-refractivity contribution is 5.98. The number of hydrogen-bond acceptors (Lipinski definition) is 4. The zero-order valence-corrected chi connectivity index (χ0v) is 15.1. The highest BCUT2D eigenvalue weighted by atomic mass is 16.5. The van der Waals surface area contributed by atoms with Crippen LogP contribution in [-0.2, 0) is 9.59 Å². The van der Waals surface area contributed by atoms with E-state index in [-0.39, 0.29) is 25.0 Å². The Hall–Kier alpha value is -3.02. The summed E-state index contributed by atoms with van der Waals surface area (Å²) in [6, 6.07) is 14.7. The normalized spacial score (nSPS) is 15.7. The van der Waals surface area contributed by atoms with E-state index in [4.69, 9.17) is 9.47 Å². The van der Waals surface area contributed by atoms with Crippen molar-refractivity contribution in [2.24, 2.45) is 0 Å². The molecule has 1 aliphatic heterocycles. The Bertz CT molecular complexity index is 819. The molecular formula is C20H22N2O4. The number of aryl methyl sites for hydroxylation is 1. The standard InChI is InChI=1S/C20H22N2O4/c1-14-8-4-6-10-16(14)25-13-19(23)22-12-18(20(24)21(2)3)26-17-11-7-5-9-15(17)22/h4-11,18H,12-13H2,1-3H3/t18-/m1/s1. The summed E-state index contributed by atoms with van der Waals surface area (Å²) in [5, 5.41) is 0. The molecule has 0 saturated carbocycles. The first-order chi connectivity index (χ1) is 12.5. The van der Waals surface area contributed by atoms with Gasteiger partial charge in [0.15, 0.2) is 12.7 Å². The zero-order chi connectivity index (χ0) is 18.7. The van der Waals surface area contributed by atoms with E-state index in [0.29, 0.717) is 17.2 Å². The molecule has 1 heterocycles. The highest BCUT2D eigenvalue weighted by Gasteiger charge is 2.34. The van der Waals surface area contributed by atoms with Crippen LogP contribution in [0.3, 0.4) is 0 Å². The first kappa shape index (κ1) is 17.8. The fraction of sp³-hybridized carbons (Fsp3) is 0.300. The molecule has 0 fully saturated rings. The number of ether oxygens (including phenoxy) is 2. The summed E-state index contributed by atoms with van der Waals surface area (Å²) < 4.78 is 11.5. The maximum Gasteiger partial charge on any atom is 0.265 e. The Morgan fingerprint density at radius 2 is 1.85 bits per heavy atom. The summed E-state index contributed by atoms with van der Waals surface area (Å²) in [5.74, 6) is 0.782. The first-order valence-corrected chi connectivity index (χ1v) is 8.43. The summed E-state index contributed by atoms with van der Waals surface area (Å²) in [6.07, 6.45) is -0.734. The van der Waals surface area contributed by atoms with Crippen molar-refractivity contribution in [2.45, 2.75) is 13.0 Å². The van der Waals surface area contributed by atoms with Gasteiger partial charge in [0.1, 0.15) is 11.5 Å². The molecule has 6 nitrogen and oxygen atoms in total. The molecule has 3 rings (SSSR count). The molecule has 0 radical (unpaired) electrons. The van der Waals surface area contributed by atoms with Gasteiger partial charge in [-0.1, -0.05) is 30.3 Å². The lowest BCUT2D eigenvalue weighted by atomic mass is 10.1. The quantitative estimate of drug-likeness (QED) is 0.845. The van der Waals surface area contributed by atoms with Crippen LogP contribution in [0.5, 0.6) is 11.5 Å². The minimum Gasteiger partial charge on any atom is -0.483 e. The Kier molecular flexibility index (Phi) is 5.11. The van der Waals surface area contributed by atoms with Crippen LogP contribution in [0.15, 0.2) is 48.5 Å². The topological polar surface area (TPSA) is 59.1 Å². The van der Waals surface area contributed by atoms with Crippen LogP contribution >= 0.6 is 0 Å². The van der Waals surface area contributed by atoms with Gasteiger partial charge in [-0.2, -0.15) is 0 Å². The number of para-hydroxylation sites is 3. The monoisotopic (exact) mass is 354 g/mol. The Labute approximate surface area is 152 Å². The molecule has 2 amide bonds. The molecule has 6 heteroatoms. The van der Waals surface area contributed by atoms with E-state index in [1.165, 1.54) is 4.90 Å². The Morgan fingerprint density at radius 1 is 1.15 bits per heavy atom. The third kappa shape index (κ3) is 3.64. The summed E-state index contributed by atoms with van der Waals surface area (Å²) >= 11 is 0. The summed E-state index contributed by atoms with van der Waals surface area (Å²) in [4.78, 5) is 28.2. The van der Waals surface area contributed by atoms with E-state index in [0.717, 1.165) is 5.56 Å². The van der Waals surface area contributed by atoms with Crippen molar-refractivity contribution in [3.8, 4) is 11.5 Å². The maximum absolute atomic E-state index is 12.8. The van der Waals surface area contributed by atoms with E-state index in [2.05, 4.69) is 0 Å². The fourth-order valence-corrected chi connectivity index (χ4v) is 2.82. The smallest absolute Gasteiger partial charge is 0.265 e. The van der Waals surface area contributed by atoms with Crippen LogP contribution in [0.1, 0.15) is 5.56 Å². The molecule has 1 aliphatic rings. The maximum atomic E-state index is 12.8. The van der Waals surface area contributed by atoms with Crippen molar-refractivity contribution >= 4 is 17.5 Å². The number of likely N-dealkylation sites (N-methyl/N-ethyl adjacent to an activating group) is 1. The molecule has 2 aromatic rings. The largest absolute Gasteiger partial charge is 0.483 e. The first-order valence-electron chi connectivity index (χ1n) is 8.43. The molecule has 0 aliphatic carbocycles. The van der Waals surface area contributed by atoms with E-state index in [9.17, 15) is 9.59 Å². The van der Waals surface area contributed by atoms with Crippen LogP contribution in [0.4, 0.5) is 5.69 Å². The number of anilines is 1. The average molecular weight is 354 g/mol. The number of nitrogens with zero attached hydrogens (tertiary/aromatic N) is 2. The van der Waals surface area contributed by atoms with Crippen molar-refractivity contribution in [1.29, 1.82) is 0 Å². The molecule has 136 valence electrons. The van der Waals surface area contributed by atoms with E-state index >= 15 is 0 Å². The van der Waals surface area contributed by atoms with Crippen LogP contribution in [-0.4, -0.2) is 50.1 Å². The number of carbonyl (C=O) groups is 2. The molecular weight excluding hydrogens is 332 g/mol. The molecule has 0 N–H and O–H groups in total. The van der Waals surface area contributed by atoms with Crippen molar-refractivity contribution < 1.29 is 19.1 Å². The number of amides is 2. The molecule has 0 aromatic heterocycles. The lowest BCUT2D eigenvalue weighted by Crippen LogP contribution is -2.51. The van der Waals surface area contributed by atoms with E-state index < -0.39 is 6.10 Å². The molecule has 26 heavy (non-hydrogen) atoms. The Morgan fingerprint density at radius 3 is 2.58 bits per heavy atom. The van der Waals surface area contributed by atoms with Crippen molar-refractivity contribution in [1.82, 2.24) is 4.90 Å². The minimum absolute atomic E-state index is 0.109. The lowest BCUT2D eigenvalue weighted by molar-refractivity contribution is -0.136. The molecule has 2 aromatic carbocycles. The molecule has 1 atom stereocenters. The molecule has 0 spiro atoms. The van der Waals surface area contributed by atoms with Crippen LogP contribution in [0.25, 0.3) is 0 Å². The average Bonchev–Trinajstić information content (AvgIpc) is 2.65. The summed E-state index contributed by atoms with van der Waals surface area (Å²) in [5.41, 5.74) is 1.61. The van der Waals surface area contributed by atoms with Crippen LogP contribution in [0.2, 0.25) is 0 Å². The number of benzene rings is 2. The van der Waals surface area contributed by atoms with Gasteiger partial charge < -0.3 is 19.3 Å². The third-order valence-electron chi connectivity index (χ3n) is 4.24. The van der Waals surface area contributed by atoms with Gasteiger partial charge in [-0.3, -0.25) is 9.59 Å². The molecule has 0 saturated heterocycles. The number of carbonyl (C=O) groups excluding carboxylic acids is 2. The van der Waals surface area contributed by atoms with Gasteiger partial charge in [0.2, 0.25) is 0 Å². The second-order valence-electron chi connectivity index (χ2n) is 6.37. The number of hydrogen-bond donors (Lipinski definition) is 0. The molecule has 0 unspecified atom stereocenters. The molecule has 0 bridgehead atoms. The van der Waals surface area contributed by atoms with Crippen LogP contribution in [0, 0.1) is 6.92 Å². The van der Waals surface area contributed by atoms with Gasteiger partial charge >= 0.3 is 0 Å². The van der Waals surface area contributed by atoms with Gasteiger partial charge in [0.05, 0.1) is 12.2 Å². The SMILES string of the molecule is Cc1ccccc1OCC(=O)N1C[C@H](C(=O)N(C)C)Oc2ccccc21. The van der Waals surface area contributed by atoms with Crippen molar-refractivity contribution in [2.75, 3.05) is 32.1 Å². The summed E-state index contributed by atoms with van der Waals surface area (Å²) in [7, 11) is 3.33. The minimum atomic E-state index is -0.734. The predicted octanol–water partition coefficient (Wildman–Crippen LogP) is 2.26. The van der Waals surface area contributed by atoms with Crippen molar-refractivity contribution in [3.63, 3.8) is 0 Å². The highest BCUT2D eigenvalue weighted by Crippen LogP contribution is 2.33. The Balaban J connectivity index is 1.79. The second-order valence-corrected chi connectivity index (χ2v) is 6.37. The summed E-state index contributed by atoms with van der Waals surface area (Å²) in [6.45, 7) is 1.97. The number of fused-ring (bicyclic) bond motifs is 1. The van der Waals surface area contributed by atoms with Gasteiger partial charge in [0, 0.05) is 14.1 Å². The zero-order valence-electron chi connectivity index (χ0n) is 15.1. The number of rotatable bonds is 4. The van der Waals surface area contributed by atoms with Crippen molar-refractivity contribution in [3.05, 3.63) is 54.1 Å². The van der Waals surface area contributed by atoms with Gasteiger partial charge in [-0.15, -0.1) is 0 Å². The lowest BCUT2D eigenvalue weighted by Gasteiger charge is -2.35. The van der Waals surface area contributed by atoms with Crippen LogP contribution < -0.4 is 14.4 Å².